The molecule has 4 nitrogen and oxygen atoms in total. The summed E-state index contributed by atoms with van der Waals surface area (Å²) in [6, 6.07) is 18.5. The maximum Gasteiger partial charge on any atom is 0.129 e. The second-order valence-electron chi connectivity index (χ2n) is 6.73. The first-order valence-electron chi connectivity index (χ1n) is 9.29. The molecule has 0 aliphatic carbocycles. The summed E-state index contributed by atoms with van der Waals surface area (Å²) >= 11 is 1.81. The van der Waals surface area contributed by atoms with Crippen molar-refractivity contribution in [3.8, 4) is 0 Å². The highest BCUT2D eigenvalue weighted by atomic mass is 32.1. The van der Waals surface area contributed by atoms with Crippen molar-refractivity contribution < 1.29 is 14.3 Å². The van der Waals surface area contributed by atoms with Crippen LogP contribution in [0.3, 0.4) is 0 Å². The average Bonchev–Trinajstić information content (AvgIpc) is 3.32. The number of furan rings is 1. The van der Waals surface area contributed by atoms with Crippen LogP contribution in [-0.2, 0) is 24.3 Å². The molecule has 3 rings (SSSR count). The van der Waals surface area contributed by atoms with Crippen molar-refractivity contribution in [2.24, 2.45) is 0 Å². The predicted octanol–water partition coefficient (Wildman–Crippen LogP) is 4.27. The molecule has 3 aromatic rings. The summed E-state index contributed by atoms with van der Waals surface area (Å²) in [5.74, 6) is 0.775. The van der Waals surface area contributed by atoms with Gasteiger partial charge in [-0.1, -0.05) is 30.3 Å². The van der Waals surface area contributed by atoms with E-state index in [-0.39, 0.29) is 0 Å². The van der Waals surface area contributed by atoms with Crippen LogP contribution in [0.1, 0.15) is 21.1 Å². The number of rotatable bonds is 11. The van der Waals surface area contributed by atoms with Crippen molar-refractivity contribution in [3.63, 3.8) is 0 Å². The van der Waals surface area contributed by atoms with Crippen molar-refractivity contribution in [3.05, 3.63) is 81.9 Å². The molecule has 1 aromatic carbocycles. The third-order valence-electron chi connectivity index (χ3n) is 4.34. The van der Waals surface area contributed by atoms with Gasteiger partial charge in [-0.15, -0.1) is 11.3 Å². The fraction of sp³-hybridized carbons (Fsp3) is 0.364. The highest BCUT2D eigenvalue weighted by Crippen LogP contribution is 2.18. The zero-order valence-corrected chi connectivity index (χ0v) is 16.5. The van der Waals surface area contributed by atoms with Crippen molar-refractivity contribution >= 4 is 11.3 Å². The first-order chi connectivity index (χ1) is 13.2. The molecule has 0 amide bonds. The van der Waals surface area contributed by atoms with E-state index in [1.54, 1.807) is 6.26 Å². The molecule has 1 unspecified atom stereocenters. The van der Waals surface area contributed by atoms with Gasteiger partial charge in [-0.25, -0.2) is 0 Å². The number of hydrogen-bond donors (Lipinski definition) is 1. The molecule has 0 saturated heterocycles. The van der Waals surface area contributed by atoms with Gasteiger partial charge < -0.3 is 14.3 Å². The second-order valence-corrected chi connectivity index (χ2v) is 8.10. The molecule has 0 radical (unpaired) electrons. The maximum atomic E-state index is 10.4. The lowest BCUT2D eigenvalue weighted by atomic mass is 10.1. The number of ether oxygens (including phenoxy) is 1. The Kier molecular flexibility index (Phi) is 7.66. The van der Waals surface area contributed by atoms with Crippen LogP contribution in [0.15, 0.2) is 65.3 Å². The summed E-state index contributed by atoms with van der Waals surface area (Å²) in [6.07, 6.45) is 2.06. The first kappa shape index (κ1) is 19.8. The Bertz CT molecular complexity index is 770. The summed E-state index contributed by atoms with van der Waals surface area (Å²) in [7, 11) is 0. The molecule has 0 aliphatic rings. The lowest BCUT2D eigenvalue weighted by Gasteiger charge is -2.24. The van der Waals surface area contributed by atoms with Crippen molar-refractivity contribution in [1.82, 2.24) is 4.90 Å². The monoisotopic (exact) mass is 385 g/mol. The van der Waals surface area contributed by atoms with Crippen LogP contribution in [0, 0.1) is 6.92 Å². The van der Waals surface area contributed by atoms with Crippen LogP contribution in [0.4, 0.5) is 0 Å². The van der Waals surface area contributed by atoms with Gasteiger partial charge in [-0.3, -0.25) is 4.90 Å². The van der Waals surface area contributed by atoms with Gasteiger partial charge in [0.15, 0.2) is 0 Å². The molecule has 2 heterocycles. The van der Waals surface area contributed by atoms with Crippen LogP contribution < -0.4 is 0 Å². The molecule has 0 saturated carbocycles. The Morgan fingerprint density at radius 3 is 2.67 bits per heavy atom. The zero-order chi connectivity index (χ0) is 18.9. The van der Waals surface area contributed by atoms with Crippen LogP contribution in [0.25, 0.3) is 0 Å². The van der Waals surface area contributed by atoms with E-state index in [1.165, 1.54) is 15.3 Å². The van der Waals surface area contributed by atoms with Gasteiger partial charge in [-0.2, -0.15) is 0 Å². The summed E-state index contributed by atoms with van der Waals surface area (Å²) < 4.78 is 10.8. The third-order valence-corrected chi connectivity index (χ3v) is 5.32. The molecule has 144 valence electrons. The van der Waals surface area contributed by atoms with E-state index in [4.69, 9.17) is 9.15 Å². The number of aliphatic hydroxyl groups is 1. The van der Waals surface area contributed by atoms with Crippen molar-refractivity contribution in [2.75, 3.05) is 19.7 Å². The van der Waals surface area contributed by atoms with Gasteiger partial charge in [0.25, 0.3) is 0 Å². The fourth-order valence-electron chi connectivity index (χ4n) is 3.00. The predicted molar refractivity (Wildman–Crippen MR) is 109 cm³/mol. The standard InChI is InChI=1S/C22H27NO3S/c1-18-9-10-22(27-18)15-23(12-11-19-6-3-2-4-7-19)14-20(24)16-25-17-21-8-5-13-26-21/h2-10,13,20,24H,11-12,14-17H2,1H3. The lowest BCUT2D eigenvalue weighted by molar-refractivity contribution is 0.00414. The highest BCUT2D eigenvalue weighted by Gasteiger charge is 2.14. The molecule has 0 bridgehead atoms. The SMILES string of the molecule is Cc1ccc(CN(CCc2ccccc2)CC(O)COCc2ccco2)s1. The highest BCUT2D eigenvalue weighted by molar-refractivity contribution is 7.11. The molecule has 0 spiro atoms. The average molecular weight is 386 g/mol. The minimum absolute atomic E-state index is 0.298. The topological polar surface area (TPSA) is 45.8 Å². The third kappa shape index (κ3) is 6.96. The minimum Gasteiger partial charge on any atom is -0.467 e. The Hall–Kier alpha value is -1.92. The van der Waals surface area contributed by atoms with Gasteiger partial charge in [0.1, 0.15) is 12.4 Å². The molecule has 5 heteroatoms. The Morgan fingerprint density at radius 1 is 1.11 bits per heavy atom. The van der Waals surface area contributed by atoms with E-state index in [2.05, 4.69) is 48.2 Å². The molecule has 0 aliphatic heterocycles. The molecular formula is C22H27NO3S. The maximum absolute atomic E-state index is 10.4. The van der Waals surface area contributed by atoms with Gasteiger partial charge in [0.05, 0.1) is 19.0 Å². The van der Waals surface area contributed by atoms with Crippen molar-refractivity contribution in [2.45, 2.75) is 32.6 Å². The molecular weight excluding hydrogens is 358 g/mol. The van der Waals surface area contributed by atoms with Gasteiger partial charge in [0, 0.05) is 29.4 Å². The van der Waals surface area contributed by atoms with Crippen LogP contribution >= 0.6 is 11.3 Å². The fourth-order valence-corrected chi connectivity index (χ4v) is 3.93. The summed E-state index contributed by atoms with van der Waals surface area (Å²) in [5.41, 5.74) is 1.31. The van der Waals surface area contributed by atoms with E-state index in [1.807, 2.05) is 29.5 Å². The molecule has 1 N–H and O–H groups in total. The van der Waals surface area contributed by atoms with Crippen LogP contribution in [0.2, 0.25) is 0 Å². The molecule has 0 fully saturated rings. The van der Waals surface area contributed by atoms with Gasteiger partial charge in [-0.05, 0) is 43.2 Å². The molecule has 27 heavy (non-hydrogen) atoms. The number of nitrogens with zero attached hydrogens (tertiary/aromatic N) is 1. The number of hydrogen-bond acceptors (Lipinski definition) is 5. The van der Waals surface area contributed by atoms with E-state index >= 15 is 0 Å². The smallest absolute Gasteiger partial charge is 0.129 e. The van der Waals surface area contributed by atoms with Gasteiger partial charge >= 0.3 is 0 Å². The van der Waals surface area contributed by atoms with E-state index in [0.717, 1.165) is 25.3 Å². The summed E-state index contributed by atoms with van der Waals surface area (Å²) in [4.78, 5) is 4.94. The lowest BCUT2D eigenvalue weighted by Crippen LogP contribution is -2.35. The quantitative estimate of drug-likeness (QED) is 0.535. The zero-order valence-electron chi connectivity index (χ0n) is 15.7. The molecule has 2 aromatic heterocycles. The van der Waals surface area contributed by atoms with E-state index in [9.17, 15) is 5.11 Å². The van der Waals surface area contributed by atoms with Crippen LogP contribution in [-0.4, -0.2) is 35.8 Å². The van der Waals surface area contributed by atoms with Gasteiger partial charge in [0.2, 0.25) is 0 Å². The first-order valence-corrected chi connectivity index (χ1v) is 10.1. The second kappa shape index (κ2) is 10.4. The number of aryl methyl sites for hydroxylation is 1. The summed E-state index contributed by atoms with van der Waals surface area (Å²) in [5, 5.41) is 10.4. The van der Waals surface area contributed by atoms with Crippen LogP contribution in [0.5, 0.6) is 0 Å². The Balaban J connectivity index is 1.51. The number of benzene rings is 1. The normalized spacial score (nSPS) is 12.6. The van der Waals surface area contributed by atoms with E-state index in [0.29, 0.717) is 19.8 Å². The largest absolute Gasteiger partial charge is 0.467 e. The Morgan fingerprint density at radius 2 is 1.96 bits per heavy atom. The van der Waals surface area contributed by atoms with Crippen molar-refractivity contribution in [1.29, 1.82) is 0 Å². The minimum atomic E-state index is -0.531. The van der Waals surface area contributed by atoms with E-state index < -0.39 is 6.10 Å². The molecule has 1 atom stereocenters. The number of aliphatic hydroxyl groups excluding tert-OH is 1. The number of thiophene rings is 1. The summed E-state index contributed by atoms with van der Waals surface area (Å²) in [6.45, 7) is 5.14. The Labute approximate surface area is 165 Å².